The number of fused-ring (bicyclic) bond motifs is 1. The van der Waals surface area contributed by atoms with E-state index in [4.69, 9.17) is 21.5 Å². The summed E-state index contributed by atoms with van der Waals surface area (Å²) in [6.45, 7) is -0.505. The Balaban J connectivity index is 0.000000270. The molecule has 1 atom stereocenters. The van der Waals surface area contributed by atoms with Crippen LogP contribution in [0, 0.1) is 0 Å². The van der Waals surface area contributed by atoms with Gasteiger partial charge >= 0.3 is 11.7 Å². The minimum absolute atomic E-state index is 0.0892. The third kappa shape index (κ3) is 3.90. The molecule has 0 spiro atoms. The van der Waals surface area contributed by atoms with Crippen molar-refractivity contribution in [1.29, 1.82) is 0 Å². The van der Waals surface area contributed by atoms with Gasteiger partial charge in [0.15, 0.2) is 5.78 Å². The molecule has 4 N–H and O–H groups in total. The lowest BCUT2D eigenvalue weighted by Crippen LogP contribution is -2.33. The lowest BCUT2D eigenvalue weighted by atomic mass is 9.88. The van der Waals surface area contributed by atoms with Gasteiger partial charge in [-0.15, -0.1) is 0 Å². The summed E-state index contributed by atoms with van der Waals surface area (Å²) in [7, 11) is 0. The van der Waals surface area contributed by atoms with E-state index >= 15 is 0 Å². The first kappa shape index (κ1) is 16.4. The predicted molar refractivity (Wildman–Crippen MR) is 71.0 cm³/mol. The van der Waals surface area contributed by atoms with Gasteiger partial charge in [0.2, 0.25) is 0 Å². The number of Topliss-reactive ketones (excluding diaryl/α,β-unsaturated/α-hetero) is 2. The van der Waals surface area contributed by atoms with E-state index in [1.165, 1.54) is 0 Å². The van der Waals surface area contributed by atoms with Crippen LogP contribution in [0.3, 0.4) is 0 Å². The van der Waals surface area contributed by atoms with Gasteiger partial charge in [0, 0.05) is 11.1 Å². The summed E-state index contributed by atoms with van der Waals surface area (Å²) in [6.07, 6.45) is -0.119. The highest BCUT2D eigenvalue weighted by Crippen LogP contribution is 2.18. The quantitative estimate of drug-likeness (QED) is 0.493. The van der Waals surface area contributed by atoms with Crippen LogP contribution in [-0.4, -0.2) is 50.9 Å². The Morgan fingerprint density at radius 1 is 1.33 bits per heavy atom. The first-order valence-electron chi connectivity index (χ1n) is 5.89. The molecule has 0 saturated heterocycles. The molecule has 8 nitrogen and oxygen atoms in total. The number of hydrogen-bond donors (Lipinski definition) is 3. The highest BCUT2D eigenvalue weighted by Gasteiger charge is 2.34. The Morgan fingerprint density at radius 2 is 1.90 bits per heavy atom. The number of carbonyl (C=O) groups excluding carboxylic acids is 2. The summed E-state index contributed by atoms with van der Waals surface area (Å²) >= 11 is 0. The number of aliphatic hydroxyl groups is 1. The lowest BCUT2D eigenvalue weighted by Gasteiger charge is -2.08. The largest absolute Gasteiger partial charge is 0.480 e. The van der Waals surface area contributed by atoms with Crippen molar-refractivity contribution in [3.63, 3.8) is 0 Å². The van der Waals surface area contributed by atoms with E-state index in [1.807, 2.05) is 0 Å². The third-order valence-electron chi connectivity index (χ3n) is 2.70. The second kappa shape index (κ2) is 7.20. The third-order valence-corrected chi connectivity index (χ3v) is 2.70. The maximum Gasteiger partial charge on any atom is 0.347 e. The van der Waals surface area contributed by atoms with Gasteiger partial charge < -0.3 is 21.5 Å². The molecule has 8 heteroatoms. The van der Waals surface area contributed by atoms with Crippen molar-refractivity contribution < 1.29 is 29.4 Å². The molecule has 2 rings (SSSR count). The van der Waals surface area contributed by atoms with Crippen molar-refractivity contribution >= 4 is 23.2 Å². The smallest absolute Gasteiger partial charge is 0.347 e. The standard InChI is InChI=1S/C10H6N2O2.C3H7NO3/c11-12-8-5-9(13)6-3-1-2-4-7(6)10(8)14;4-2(1-5)3(6)7/h1-4H,5H2;2,5H,1,4H2,(H,6,7)/t;2-/m.0/s1. The Labute approximate surface area is 119 Å². The maximum atomic E-state index is 11.6. The van der Waals surface area contributed by atoms with E-state index in [2.05, 4.69) is 4.79 Å². The fourth-order valence-electron chi connectivity index (χ4n) is 1.57. The van der Waals surface area contributed by atoms with Crippen LogP contribution in [0.1, 0.15) is 27.1 Å². The maximum absolute atomic E-state index is 11.6. The molecule has 0 aromatic heterocycles. The van der Waals surface area contributed by atoms with Gasteiger partial charge in [-0.05, 0) is 0 Å². The summed E-state index contributed by atoms with van der Waals surface area (Å²) < 4.78 is 0. The molecule has 0 bridgehead atoms. The molecule has 0 aliphatic heterocycles. The van der Waals surface area contributed by atoms with E-state index in [0.29, 0.717) is 11.1 Å². The minimum Gasteiger partial charge on any atom is -0.480 e. The Kier molecular flexibility index (Phi) is 5.62. The van der Waals surface area contributed by atoms with Gasteiger partial charge in [-0.25, -0.2) is 0 Å². The zero-order chi connectivity index (χ0) is 16.0. The molecule has 1 aromatic carbocycles. The van der Waals surface area contributed by atoms with Crippen molar-refractivity contribution in [2.24, 2.45) is 5.73 Å². The van der Waals surface area contributed by atoms with Crippen molar-refractivity contribution in [3.8, 4) is 0 Å². The van der Waals surface area contributed by atoms with Crippen LogP contribution in [0.15, 0.2) is 24.3 Å². The van der Waals surface area contributed by atoms with E-state index < -0.39 is 18.6 Å². The molecule has 21 heavy (non-hydrogen) atoms. The molecule has 0 amide bonds. The number of benzene rings is 1. The SMILES string of the molecule is N[C@@H](CO)C(=O)O.[N-]=[N+]=C1CC(=O)c2ccccc2C1=O. The summed E-state index contributed by atoms with van der Waals surface area (Å²) in [5.74, 6) is -1.74. The average Bonchev–Trinajstić information content (AvgIpc) is 2.50. The number of ketones is 2. The van der Waals surface area contributed by atoms with Gasteiger partial charge in [0.05, 0.1) is 6.61 Å². The summed E-state index contributed by atoms with van der Waals surface area (Å²) in [4.78, 5) is 35.5. The van der Waals surface area contributed by atoms with Crippen LogP contribution in [-0.2, 0) is 4.79 Å². The molecule has 1 aliphatic carbocycles. The number of aliphatic carboxylic acids is 1. The Bertz CT molecular complexity index is 634. The monoisotopic (exact) mass is 291 g/mol. The Hall–Kier alpha value is -2.67. The minimum atomic E-state index is -1.18. The highest BCUT2D eigenvalue weighted by molar-refractivity contribution is 6.50. The van der Waals surface area contributed by atoms with Crippen molar-refractivity contribution in [1.82, 2.24) is 0 Å². The molecule has 0 heterocycles. The zero-order valence-electron chi connectivity index (χ0n) is 10.9. The van der Waals surface area contributed by atoms with E-state index in [9.17, 15) is 14.4 Å². The molecule has 0 radical (unpaired) electrons. The number of carboxylic acid groups (broad SMARTS) is 1. The van der Waals surface area contributed by atoms with Crippen molar-refractivity contribution in [2.45, 2.75) is 12.5 Å². The summed E-state index contributed by atoms with van der Waals surface area (Å²) in [5.41, 5.74) is 13.9. The molecular formula is C13H13N3O5. The average molecular weight is 291 g/mol. The number of nitrogens with zero attached hydrogens (tertiary/aromatic N) is 2. The molecule has 0 fully saturated rings. The van der Waals surface area contributed by atoms with Gasteiger partial charge in [-0.3, -0.25) is 14.4 Å². The molecule has 0 saturated carbocycles. The van der Waals surface area contributed by atoms with Gasteiger partial charge in [0.25, 0.3) is 5.78 Å². The van der Waals surface area contributed by atoms with E-state index in [-0.39, 0.29) is 23.7 Å². The Morgan fingerprint density at radius 3 is 2.33 bits per heavy atom. The van der Waals surface area contributed by atoms with Crippen LogP contribution in [0.25, 0.3) is 5.53 Å². The van der Waals surface area contributed by atoms with Crippen molar-refractivity contribution in [3.05, 3.63) is 40.9 Å². The predicted octanol–water partition coefficient (Wildman–Crippen LogP) is -0.483. The van der Waals surface area contributed by atoms with Crippen LogP contribution in [0.4, 0.5) is 0 Å². The van der Waals surface area contributed by atoms with Gasteiger partial charge in [-0.2, -0.15) is 4.79 Å². The normalized spacial score (nSPS) is 14.5. The van der Waals surface area contributed by atoms with Crippen LogP contribution in [0.5, 0.6) is 0 Å². The van der Waals surface area contributed by atoms with Crippen LogP contribution in [0.2, 0.25) is 0 Å². The topological polar surface area (TPSA) is 154 Å². The molecule has 1 aliphatic rings. The first-order chi connectivity index (χ1) is 9.92. The second-order valence-electron chi connectivity index (χ2n) is 4.15. The first-order valence-corrected chi connectivity index (χ1v) is 5.89. The molecule has 1 aromatic rings. The number of aliphatic hydroxyl groups excluding tert-OH is 1. The molecular weight excluding hydrogens is 278 g/mol. The summed E-state index contributed by atoms with van der Waals surface area (Å²) in [6, 6.07) is 5.40. The second-order valence-corrected chi connectivity index (χ2v) is 4.15. The number of carbonyl (C=O) groups is 3. The van der Waals surface area contributed by atoms with Crippen LogP contribution < -0.4 is 5.73 Å². The highest BCUT2D eigenvalue weighted by atomic mass is 16.4. The lowest BCUT2D eigenvalue weighted by molar-refractivity contribution is -0.139. The molecule has 0 unspecified atom stereocenters. The number of carboxylic acids is 1. The van der Waals surface area contributed by atoms with E-state index in [0.717, 1.165) is 0 Å². The number of hydrogen-bond acceptors (Lipinski definition) is 5. The zero-order valence-corrected chi connectivity index (χ0v) is 10.9. The van der Waals surface area contributed by atoms with Gasteiger partial charge in [0.1, 0.15) is 12.5 Å². The fourth-order valence-corrected chi connectivity index (χ4v) is 1.57. The molecule has 110 valence electrons. The van der Waals surface area contributed by atoms with Crippen LogP contribution >= 0.6 is 0 Å². The van der Waals surface area contributed by atoms with Crippen molar-refractivity contribution in [2.75, 3.05) is 6.61 Å². The number of rotatable bonds is 2. The summed E-state index contributed by atoms with van der Waals surface area (Å²) in [5, 5.41) is 15.9. The fraction of sp³-hybridized carbons (Fsp3) is 0.231. The number of nitrogens with two attached hydrogens (primary N) is 1. The van der Waals surface area contributed by atoms with Gasteiger partial charge in [-0.1, -0.05) is 24.3 Å². The van der Waals surface area contributed by atoms with E-state index in [1.54, 1.807) is 24.3 Å².